The summed E-state index contributed by atoms with van der Waals surface area (Å²) in [6.07, 6.45) is 1.28. The standard InChI is InChI=1S/C13H15Cl2NO3/c14-11-2-1-10(7-12(11)15)19-4-3-13(18)16-8-5-9(17)6-8/h1-2,7-9,17H,3-6H2,(H,16,18). The lowest BCUT2D eigenvalue weighted by Gasteiger charge is -2.31. The maximum atomic E-state index is 11.5. The number of ether oxygens (including phenoxy) is 1. The highest BCUT2D eigenvalue weighted by Gasteiger charge is 2.28. The number of nitrogens with one attached hydrogen (secondary N) is 1. The number of aliphatic hydroxyl groups is 1. The molecular formula is C13H15Cl2NO3. The molecule has 0 aromatic heterocycles. The number of hydrogen-bond donors (Lipinski definition) is 2. The van der Waals surface area contributed by atoms with Crippen molar-refractivity contribution in [3.05, 3.63) is 28.2 Å². The molecule has 0 unspecified atom stereocenters. The maximum absolute atomic E-state index is 11.5. The minimum absolute atomic E-state index is 0.0723. The van der Waals surface area contributed by atoms with Crippen molar-refractivity contribution in [3.8, 4) is 5.75 Å². The summed E-state index contributed by atoms with van der Waals surface area (Å²) in [6.45, 7) is 0.277. The van der Waals surface area contributed by atoms with Crippen LogP contribution in [0.15, 0.2) is 18.2 Å². The van der Waals surface area contributed by atoms with Crippen LogP contribution in [-0.2, 0) is 4.79 Å². The third-order valence-corrected chi connectivity index (χ3v) is 3.71. The first-order valence-corrected chi connectivity index (χ1v) is 6.85. The zero-order valence-electron chi connectivity index (χ0n) is 10.2. The Labute approximate surface area is 121 Å². The number of halogens is 2. The van der Waals surface area contributed by atoms with Gasteiger partial charge in [0.2, 0.25) is 5.91 Å². The molecule has 0 aliphatic heterocycles. The average Bonchev–Trinajstić information content (AvgIpc) is 2.32. The molecule has 1 amide bonds. The fourth-order valence-corrected chi connectivity index (χ4v) is 2.12. The van der Waals surface area contributed by atoms with Crippen LogP contribution in [0.5, 0.6) is 5.75 Å². The second-order valence-corrected chi connectivity index (χ2v) is 5.38. The number of carbonyl (C=O) groups excluding carboxylic acids is 1. The number of amides is 1. The molecule has 19 heavy (non-hydrogen) atoms. The zero-order valence-corrected chi connectivity index (χ0v) is 11.7. The van der Waals surface area contributed by atoms with Gasteiger partial charge < -0.3 is 15.2 Å². The molecule has 104 valence electrons. The molecule has 0 bridgehead atoms. The van der Waals surface area contributed by atoms with E-state index in [1.54, 1.807) is 18.2 Å². The molecule has 4 nitrogen and oxygen atoms in total. The Kier molecular flexibility index (Phi) is 4.91. The van der Waals surface area contributed by atoms with Crippen LogP contribution in [-0.4, -0.2) is 29.8 Å². The van der Waals surface area contributed by atoms with Crippen molar-refractivity contribution in [1.82, 2.24) is 5.32 Å². The first-order valence-electron chi connectivity index (χ1n) is 6.10. The van der Waals surface area contributed by atoms with Crippen molar-refractivity contribution < 1.29 is 14.6 Å². The molecule has 2 rings (SSSR count). The van der Waals surface area contributed by atoms with Gasteiger partial charge in [0.1, 0.15) is 5.75 Å². The monoisotopic (exact) mass is 303 g/mol. The Morgan fingerprint density at radius 1 is 1.37 bits per heavy atom. The quantitative estimate of drug-likeness (QED) is 0.878. The molecule has 1 fully saturated rings. The van der Waals surface area contributed by atoms with Gasteiger partial charge in [-0.15, -0.1) is 0 Å². The van der Waals surface area contributed by atoms with E-state index >= 15 is 0 Å². The fraction of sp³-hybridized carbons (Fsp3) is 0.462. The second-order valence-electron chi connectivity index (χ2n) is 4.56. The summed E-state index contributed by atoms with van der Waals surface area (Å²) in [7, 11) is 0. The smallest absolute Gasteiger partial charge is 0.223 e. The lowest BCUT2D eigenvalue weighted by molar-refractivity contribution is -0.123. The van der Waals surface area contributed by atoms with Crippen LogP contribution in [0.4, 0.5) is 0 Å². The molecule has 0 saturated heterocycles. The minimum atomic E-state index is -0.266. The van der Waals surface area contributed by atoms with Crippen molar-refractivity contribution in [2.24, 2.45) is 0 Å². The molecular weight excluding hydrogens is 289 g/mol. The second kappa shape index (κ2) is 6.46. The van der Waals surface area contributed by atoms with Crippen LogP contribution in [0, 0.1) is 0 Å². The number of aliphatic hydroxyl groups excluding tert-OH is 1. The van der Waals surface area contributed by atoms with E-state index < -0.39 is 0 Å². The number of carbonyl (C=O) groups is 1. The van der Waals surface area contributed by atoms with E-state index in [-0.39, 0.29) is 31.1 Å². The van der Waals surface area contributed by atoms with Gasteiger partial charge in [0.25, 0.3) is 0 Å². The molecule has 1 aromatic carbocycles. The lowest BCUT2D eigenvalue weighted by Crippen LogP contribution is -2.46. The Balaban J connectivity index is 1.68. The van der Waals surface area contributed by atoms with Crippen LogP contribution in [0.3, 0.4) is 0 Å². The molecule has 0 spiro atoms. The molecule has 6 heteroatoms. The highest BCUT2D eigenvalue weighted by molar-refractivity contribution is 6.42. The van der Waals surface area contributed by atoms with Gasteiger partial charge in [-0.25, -0.2) is 0 Å². The normalized spacial score (nSPS) is 21.6. The van der Waals surface area contributed by atoms with E-state index in [4.69, 9.17) is 33.0 Å². The molecule has 2 N–H and O–H groups in total. The van der Waals surface area contributed by atoms with Gasteiger partial charge in [0.05, 0.1) is 29.2 Å². The topological polar surface area (TPSA) is 58.6 Å². The van der Waals surface area contributed by atoms with E-state index in [0.717, 1.165) is 0 Å². The third kappa shape index (κ3) is 4.27. The van der Waals surface area contributed by atoms with Crippen molar-refractivity contribution in [2.45, 2.75) is 31.4 Å². The van der Waals surface area contributed by atoms with Crippen molar-refractivity contribution >= 4 is 29.1 Å². The molecule has 0 heterocycles. The Hall–Kier alpha value is -0.970. The average molecular weight is 304 g/mol. The number of benzene rings is 1. The Bertz CT molecular complexity index is 461. The van der Waals surface area contributed by atoms with Crippen LogP contribution in [0.2, 0.25) is 10.0 Å². The SMILES string of the molecule is O=C(CCOc1ccc(Cl)c(Cl)c1)NC1CC(O)C1. The van der Waals surface area contributed by atoms with E-state index in [0.29, 0.717) is 28.6 Å². The highest BCUT2D eigenvalue weighted by atomic mass is 35.5. The van der Waals surface area contributed by atoms with E-state index in [9.17, 15) is 4.79 Å². The van der Waals surface area contributed by atoms with Crippen LogP contribution in [0.25, 0.3) is 0 Å². The fourth-order valence-electron chi connectivity index (χ4n) is 1.83. The van der Waals surface area contributed by atoms with Crippen molar-refractivity contribution in [3.63, 3.8) is 0 Å². The van der Waals surface area contributed by atoms with Gasteiger partial charge in [0.15, 0.2) is 0 Å². The summed E-state index contributed by atoms with van der Waals surface area (Å²) in [5.74, 6) is 0.512. The zero-order chi connectivity index (χ0) is 13.8. The summed E-state index contributed by atoms with van der Waals surface area (Å²) in [5, 5.41) is 12.8. The minimum Gasteiger partial charge on any atom is -0.493 e. The third-order valence-electron chi connectivity index (χ3n) is 2.97. The van der Waals surface area contributed by atoms with E-state index in [2.05, 4.69) is 5.32 Å². The molecule has 1 aromatic rings. The van der Waals surface area contributed by atoms with Crippen molar-refractivity contribution in [2.75, 3.05) is 6.61 Å². The summed E-state index contributed by atoms with van der Waals surface area (Å²) < 4.78 is 5.41. The van der Waals surface area contributed by atoms with Crippen LogP contribution < -0.4 is 10.1 Å². The number of rotatable bonds is 5. The summed E-state index contributed by atoms with van der Waals surface area (Å²) >= 11 is 11.6. The summed E-state index contributed by atoms with van der Waals surface area (Å²) in [4.78, 5) is 11.5. The van der Waals surface area contributed by atoms with E-state index in [1.807, 2.05) is 0 Å². The van der Waals surface area contributed by atoms with Gasteiger partial charge in [0, 0.05) is 12.1 Å². The van der Waals surface area contributed by atoms with Crippen LogP contribution >= 0.6 is 23.2 Å². The van der Waals surface area contributed by atoms with Crippen LogP contribution in [0.1, 0.15) is 19.3 Å². The predicted molar refractivity (Wildman–Crippen MR) is 73.7 cm³/mol. The van der Waals surface area contributed by atoms with E-state index in [1.165, 1.54) is 0 Å². The molecule has 1 saturated carbocycles. The van der Waals surface area contributed by atoms with Gasteiger partial charge in [-0.05, 0) is 25.0 Å². The molecule has 0 radical (unpaired) electrons. The van der Waals surface area contributed by atoms with Gasteiger partial charge in [-0.1, -0.05) is 23.2 Å². The summed E-state index contributed by atoms with van der Waals surface area (Å²) in [5.41, 5.74) is 0. The molecule has 0 atom stereocenters. The van der Waals surface area contributed by atoms with Crippen molar-refractivity contribution in [1.29, 1.82) is 0 Å². The summed E-state index contributed by atoms with van der Waals surface area (Å²) in [6, 6.07) is 5.07. The highest BCUT2D eigenvalue weighted by Crippen LogP contribution is 2.26. The van der Waals surface area contributed by atoms with Gasteiger partial charge >= 0.3 is 0 Å². The largest absolute Gasteiger partial charge is 0.493 e. The maximum Gasteiger partial charge on any atom is 0.223 e. The molecule has 1 aliphatic rings. The predicted octanol–water partition coefficient (Wildman–Crippen LogP) is 2.40. The first kappa shape index (κ1) is 14.4. The lowest BCUT2D eigenvalue weighted by atomic mass is 9.89. The van der Waals surface area contributed by atoms with Gasteiger partial charge in [-0.3, -0.25) is 4.79 Å². The van der Waals surface area contributed by atoms with Gasteiger partial charge in [-0.2, -0.15) is 0 Å². The number of hydrogen-bond acceptors (Lipinski definition) is 3. The Morgan fingerprint density at radius 3 is 2.74 bits per heavy atom. The molecule has 1 aliphatic carbocycles. The Morgan fingerprint density at radius 2 is 2.11 bits per heavy atom. The first-order chi connectivity index (χ1) is 9.04.